The van der Waals surface area contributed by atoms with Crippen LogP contribution in [0.15, 0.2) is 24.3 Å². The molecule has 1 aromatic carbocycles. The molecule has 0 fully saturated rings. The van der Waals surface area contributed by atoms with Crippen molar-refractivity contribution in [1.29, 1.82) is 0 Å². The number of rotatable bonds is 9. The molecule has 2 aromatic rings. The van der Waals surface area contributed by atoms with Crippen LogP contribution in [0, 0.1) is 6.92 Å². The van der Waals surface area contributed by atoms with Crippen molar-refractivity contribution in [2.45, 2.75) is 45.6 Å². The van der Waals surface area contributed by atoms with Crippen molar-refractivity contribution in [3.63, 3.8) is 0 Å². The number of hydrogen-bond donors (Lipinski definition) is 2. The predicted molar refractivity (Wildman–Crippen MR) is 93.5 cm³/mol. The number of aromatic amines is 1. The molecule has 2 N–H and O–H groups in total. The van der Waals surface area contributed by atoms with Gasteiger partial charge in [0.05, 0.1) is 13.2 Å². The summed E-state index contributed by atoms with van der Waals surface area (Å²) in [5, 5.41) is 9.78. The maximum atomic E-state index is 12.1. The smallest absolute Gasteiger partial charge is 0.220 e. The highest BCUT2D eigenvalue weighted by Crippen LogP contribution is 2.15. The van der Waals surface area contributed by atoms with E-state index in [1.165, 1.54) is 0 Å². The number of amides is 1. The molecule has 25 heavy (non-hydrogen) atoms. The lowest BCUT2D eigenvalue weighted by atomic mass is 10.0. The first-order valence-electron chi connectivity index (χ1n) is 8.39. The molecule has 7 nitrogen and oxygen atoms in total. The summed E-state index contributed by atoms with van der Waals surface area (Å²) in [4.78, 5) is 28.5. The number of H-pyrrole nitrogens is 1. The fourth-order valence-electron chi connectivity index (χ4n) is 2.46. The van der Waals surface area contributed by atoms with Gasteiger partial charge in [0, 0.05) is 18.4 Å². The first-order chi connectivity index (χ1) is 12.0. The minimum Gasteiger partial charge on any atom is -0.497 e. The Bertz CT molecular complexity index is 709. The van der Waals surface area contributed by atoms with Crippen LogP contribution >= 0.6 is 0 Å². The SMILES string of the molecule is CC[C@@H](NC(=O)CCCC(=O)c1ccc(OC)cc1)c1n[nH]c(C)n1. The molecule has 0 bridgehead atoms. The highest BCUT2D eigenvalue weighted by molar-refractivity contribution is 5.96. The Morgan fingerprint density at radius 2 is 1.96 bits per heavy atom. The molecule has 1 aromatic heterocycles. The van der Waals surface area contributed by atoms with Gasteiger partial charge in [-0.2, -0.15) is 5.10 Å². The molecule has 0 radical (unpaired) electrons. The summed E-state index contributed by atoms with van der Waals surface area (Å²) in [6, 6.07) is 6.77. The van der Waals surface area contributed by atoms with Crippen LogP contribution in [0.4, 0.5) is 0 Å². The summed E-state index contributed by atoms with van der Waals surface area (Å²) in [6.07, 6.45) is 1.83. The molecule has 0 saturated heterocycles. The number of ketones is 1. The molecule has 0 spiro atoms. The standard InChI is InChI=1S/C18H24N4O3/c1-4-15(18-19-12(2)21-22-18)20-17(24)7-5-6-16(23)13-8-10-14(25-3)11-9-13/h8-11,15H,4-7H2,1-3H3,(H,20,24)(H,19,21,22)/t15-/m1/s1. The van der Waals surface area contributed by atoms with Crippen LogP contribution in [0.5, 0.6) is 5.75 Å². The zero-order valence-electron chi connectivity index (χ0n) is 14.8. The van der Waals surface area contributed by atoms with Crippen molar-refractivity contribution < 1.29 is 14.3 Å². The van der Waals surface area contributed by atoms with E-state index in [4.69, 9.17) is 4.74 Å². The van der Waals surface area contributed by atoms with E-state index >= 15 is 0 Å². The lowest BCUT2D eigenvalue weighted by Crippen LogP contribution is -2.28. The zero-order chi connectivity index (χ0) is 18.2. The Labute approximate surface area is 147 Å². The van der Waals surface area contributed by atoms with Gasteiger partial charge in [0.25, 0.3) is 0 Å². The summed E-state index contributed by atoms with van der Waals surface area (Å²) in [5.41, 5.74) is 0.629. The second-order valence-corrected chi connectivity index (χ2v) is 5.81. The molecule has 2 rings (SSSR count). The molecular weight excluding hydrogens is 320 g/mol. The fraction of sp³-hybridized carbons (Fsp3) is 0.444. The van der Waals surface area contributed by atoms with Crippen LogP contribution < -0.4 is 10.1 Å². The van der Waals surface area contributed by atoms with Crippen LogP contribution in [-0.4, -0.2) is 34.0 Å². The molecule has 0 aliphatic rings. The maximum absolute atomic E-state index is 12.1. The lowest BCUT2D eigenvalue weighted by Gasteiger charge is -2.13. The van der Waals surface area contributed by atoms with E-state index in [-0.39, 0.29) is 17.7 Å². The Balaban J connectivity index is 1.78. The van der Waals surface area contributed by atoms with Gasteiger partial charge in [-0.3, -0.25) is 14.7 Å². The van der Waals surface area contributed by atoms with Gasteiger partial charge in [0.2, 0.25) is 5.91 Å². The van der Waals surface area contributed by atoms with Crippen molar-refractivity contribution in [3.8, 4) is 5.75 Å². The van der Waals surface area contributed by atoms with E-state index in [0.29, 0.717) is 48.6 Å². The Morgan fingerprint density at radius 3 is 2.52 bits per heavy atom. The number of nitrogens with zero attached hydrogens (tertiary/aromatic N) is 2. The molecule has 1 heterocycles. The number of hydrogen-bond acceptors (Lipinski definition) is 5. The van der Waals surface area contributed by atoms with Gasteiger partial charge < -0.3 is 10.1 Å². The summed E-state index contributed by atoms with van der Waals surface area (Å²) < 4.78 is 5.07. The van der Waals surface area contributed by atoms with Gasteiger partial charge >= 0.3 is 0 Å². The Morgan fingerprint density at radius 1 is 1.24 bits per heavy atom. The van der Waals surface area contributed by atoms with Crippen molar-refractivity contribution in [3.05, 3.63) is 41.5 Å². The fourth-order valence-corrected chi connectivity index (χ4v) is 2.46. The molecule has 134 valence electrons. The van der Waals surface area contributed by atoms with E-state index in [1.54, 1.807) is 31.4 Å². The number of ether oxygens (including phenoxy) is 1. The van der Waals surface area contributed by atoms with Crippen LogP contribution in [0.1, 0.15) is 60.7 Å². The first-order valence-corrected chi connectivity index (χ1v) is 8.39. The quantitative estimate of drug-likeness (QED) is 0.682. The monoisotopic (exact) mass is 344 g/mol. The van der Waals surface area contributed by atoms with E-state index < -0.39 is 0 Å². The van der Waals surface area contributed by atoms with Crippen LogP contribution in [-0.2, 0) is 4.79 Å². The van der Waals surface area contributed by atoms with E-state index in [9.17, 15) is 9.59 Å². The number of aryl methyl sites for hydroxylation is 1. The minimum atomic E-state index is -0.213. The molecule has 0 aliphatic heterocycles. The van der Waals surface area contributed by atoms with Crippen molar-refractivity contribution in [2.24, 2.45) is 0 Å². The van der Waals surface area contributed by atoms with Gasteiger partial charge in [0.15, 0.2) is 11.6 Å². The Hall–Kier alpha value is -2.70. The molecule has 1 atom stereocenters. The molecule has 0 aliphatic carbocycles. The normalized spacial score (nSPS) is 11.8. The molecule has 0 unspecified atom stereocenters. The van der Waals surface area contributed by atoms with Crippen LogP contribution in [0.25, 0.3) is 0 Å². The zero-order valence-corrected chi connectivity index (χ0v) is 14.8. The molecular formula is C18H24N4O3. The highest BCUT2D eigenvalue weighted by atomic mass is 16.5. The highest BCUT2D eigenvalue weighted by Gasteiger charge is 2.17. The van der Waals surface area contributed by atoms with E-state index in [2.05, 4.69) is 20.5 Å². The van der Waals surface area contributed by atoms with Gasteiger partial charge in [-0.15, -0.1) is 0 Å². The number of nitrogens with one attached hydrogen (secondary N) is 2. The predicted octanol–water partition coefficient (Wildman–Crippen LogP) is 2.74. The molecule has 7 heteroatoms. The number of carbonyl (C=O) groups excluding carboxylic acids is 2. The van der Waals surface area contributed by atoms with Crippen molar-refractivity contribution in [1.82, 2.24) is 20.5 Å². The van der Waals surface area contributed by atoms with Crippen molar-refractivity contribution >= 4 is 11.7 Å². The van der Waals surface area contributed by atoms with Gasteiger partial charge in [-0.1, -0.05) is 6.92 Å². The van der Waals surface area contributed by atoms with Gasteiger partial charge in [0.1, 0.15) is 11.6 Å². The minimum absolute atomic E-state index is 0.0205. The van der Waals surface area contributed by atoms with Crippen LogP contribution in [0.3, 0.4) is 0 Å². The summed E-state index contributed by atoms with van der Waals surface area (Å²) in [7, 11) is 1.58. The largest absolute Gasteiger partial charge is 0.497 e. The average molecular weight is 344 g/mol. The average Bonchev–Trinajstić information content (AvgIpc) is 3.05. The number of aromatic nitrogens is 3. The summed E-state index contributed by atoms with van der Waals surface area (Å²) in [5.74, 6) is 1.93. The number of Topliss-reactive ketones (excluding diaryl/α,β-unsaturated/α-hetero) is 1. The second-order valence-electron chi connectivity index (χ2n) is 5.81. The molecule has 0 saturated carbocycles. The molecule has 1 amide bonds. The van der Waals surface area contributed by atoms with Gasteiger partial charge in [-0.05, 0) is 44.0 Å². The third-order valence-electron chi connectivity index (χ3n) is 3.89. The van der Waals surface area contributed by atoms with Crippen molar-refractivity contribution in [2.75, 3.05) is 7.11 Å². The third-order valence-corrected chi connectivity index (χ3v) is 3.89. The topological polar surface area (TPSA) is 97.0 Å². The maximum Gasteiger partial charge on any atom is 0.220 e. The first kappa shape index (κ1) is 18.6. The van der Waals surface area contributed by atoms with Gasteiger partial charge in [-0.25, -0.2) is 4.98 Å². The third kappa shape index (κ3) is 5.41. The number of carbonyl (C=O) groups is 2. The van der Waals surface area contributed by atoms with E-state index in [0.717, 1.165) is 0 Å². The number of methoxy groups -OCH3 is 1. The second kappa shape index (κ2) is 8.96. The summed E-state index contributed by atoms with van der Waals surface area (Å²) >= 11 is 0. The van der Waals surface area contributed by atoms with E-state index in [1.807, 2.05) is 13.8 Å². The Kier molecular flexibility index (Phi) is 6.68. The van der Waals surface area contributed by atoms with Crippen LogP contribution in [0.2, 0.25) is 0 Å². The number of benzene rings is 1. The summed E-state index contributed by atoms with van der Waals surface area (Å²) in [6.45, 7) is 3.78. The lowest BCUT2D eigenvalue weighted by molar-refractivity contribution is -0.122.